The summed E-state index contributed by atoms with van der Waals surface area (Å²) in [5.41, 5.74) is 1.33. The standard InChI is InChI=1S/C19H18N2O3/c20-12-11-17(22)13-18(23)14-19(24)21(15-7-3-1-4-8-15)16-9-5-2-6-10-16/h1-10,17,22H,11,13-14H2/t17-/m1/s1. The summed E-state index contributed by atoms with van der Waals surface area (Å²) in [6.07, 6.45) is -1.68. The maximum Gasteiger partial charge on any atom is 0.238 e. The van der Waals surface area contributed by atoms with Crippen molar-refractivity contribution in [3.63, 3.8) is 0 Å². The third kappa shape index (κ3) is 4.77. The molecule has 5 heteroatoms. The molecule has 0 aromatic heterocycles. The summed E-state index contributed by atoms with van der Waals surface area (Å²) < 4.78 is 0. The fraction of sp³-hybridized carbons (Fsp3) is 0.211. The summed E-state index contributed by atoms with van der Waals surface area (Å²) >= 11 is 0. The summed E-state index contributed by atoms with van der Waals surface area (Å²) in [5, 5.41) is 18.1. The lowest BCUT2D eigenvalue weighted by atomic mass is 10.1. The Bertz CT molecular complexity index is 684. The molecule has 0 saturated heterocycles. The highest BCUT2D eigenvalue weighted by molar-refractivity contribution is 6.09. The first-order chi connectivity index (χ1) is 11.6. The lowest BCUT2D eigenvalue weighted by Crippen LogP contribution is -2.29. The lowest BCUT2D eigenvalue weighted by molar-refractivity contribution is -0.127. The van der Waals surface area contributed by atoms with Crippen molar-refractivity contribution in [2.45, 2.75) is 25.4 Å². The number of aliphatic hydroxyl groups excluding tert-OH is 1. The van der Waals surface area contributed by atoms with Crippen LogP contribution < -0.4 is 4.90 Å². The Morgan fingerprint density at radius 3 is 1.96 bits per heavy atom. The number of amides is 1. The van der Waals surface area contributed by atoms with Gasteiger partial charge in [-0.15, -0.1) is 0 Å². The van der Waals surface area contributed by atoms with Gasteiger partial charge in [0.2, 0.25) is 5.91 Å². The number of anilines is 2. The largest absolute Gasteiger partial charge is 0.392 e. The highest BCUT2D eigenvalue weighted by Gasteiger charge is 2.21. The number of para-hydroxylation sites is 2. The maximum atomic E-state index is 12.7. The minimum absolute atomic E-state index is 0.124. The van der Waals surface area contributed by atoms with E-state index in [-0.39, 0.29) is 31.0 Å². The Morgan fingerprint density at radius 2 is 1.50 bits per heavy atom. The van der Waals surface area contributed by atoms with Gasteiger partial charge in [-0.05, 0) is 24.3 Å². The van der Waals surface area contributed by atoms with Crippen LogP contribution in [0.15, 0.2) is 60.7 Å². The zero-order chi connectivity index (χ0) is 17.4. The molecule has 0 aliphatic rings. The van der Waals surface area contributed by atoms with Gasteiger partial charge in [-0.3, -0.25) is 14.5 Å². The molecule has 0 aliphatic carbocycles. The first kappa shape index (κ1) is 17.4. The van der Waals surface area contributed by atoms with Crippen LogP contribution in [0.2, 0.25) is 0 Å². The summed E-state index contributed by atoms with van der Waals surface area (Å²) in [6.45, 7) is 0. The minimum atomic E-state index is -1.03. The number of benzene rings is 2. The Hall–Kier alpha value is -2.97. The van der Waals surface area contributed by atoms with E-state index < -0.39 is 6.10 Å². The number of carbonyl (C=O) groups is 2. The van der Waals surface area contributed by atoms with Crippen LogP contribution in [-0.2, 0) is 9.59 Å². The van der Waals surface area contributed by atoms with Crippen molar-refractivity contribution in [3.8, 4) is 6.07 Å². The smallest absolute Gasteiger partial charge is 0.238 e. The molecule has 1 N–H and O–H groups in total. The van der Waals surface area contributed by atoms with Crippen LogP contribution >= 0.6 is 0 Å². The molecule has 24 heavy (non-hydrogen) atoms. The number of nitrogens with zero attached hydrogens (tertiary/aromatic N) is 2. The van der Waals surface area contributed by atoms with Crippen molar-refractivity contribution in [3.05, 3.63) is 60.7 Å². The minimum Gasteiger partial charge on any atom is -0.392 e. The highest BCUT2D eigenvalue weighted by Crippen LogP contribution is 2.26. The van der Waals surface area contributed by atoms with Gasteiger partial charge in [-0.2, -0.15) is 5.26 Å². The molecule has 2 rings (SSSR count). The summed E-state index contributed by atoms with van der Waals surface area (Å²) in [4.78, 5) is 26.1. The number of aliphatic hydroxyl groups is 1. The van der Waals surface area contributed by atoms with Crippen molar-refractivity contribution in [2.24, 2.45) is 0 Å². The number of hydrogen-bond acceptors (Lipinski definition) is 4. The number of hydrogen-bond donors (Lipinski definition) is 1. The van der Waals surface area contributed by atoms with E-state index in [1.807, 2.05) is 36.4 Å². The molecule has 0 spiro atoms. The maximum absolute atomic E-state index is 12.7. The molecule has 0 unspecified atom stereocenters. The number of Topliss-reactive ketones (excluding diaryl/α,β-unsaturated/α-hetero) is 1. The molecular weight excluding hydrogens is 304 g/mol. The Kier molecular flexibility index (Phi) is 6.23. The molecule has 122 valence electrons. The molecule has 0 heterocycles. The molecule has 0 radical (unpaired) electrons. The van der Waals surface area contributed by atoms with Gasteiger partial charge < -0.3 is 5.11 Å². The van der Waals surface area contributed by atoms with Gasteiger partial charge in [-0.1, -0.05) is 36.4 Å². The molecule has 0 aliphatic heterocycles. The SMILES string of the molecule is N#CC[C@@H](O)CC(=O)CC(=O)N(c1ccccc1)c1ccccc1. The monoisotopic (exact) mass is 322 g/mol. The third-order valence-electron chi connectivity index (χ3n) is 3.42. The van der Waals surface area contributed by atoms with E-state index in [0.29, 0.717) is 11.4 Å². The van der Waals surface area contributed by atoms with Gasteiger partial charge in [0.1, 0.15) is 5.78 Å². The van der Waals surface area contributed by atoms with Gasteiger partial charge >= 0.3 is 0 Å². The van der Waals surface area contributed by atoms with Crippen LogP contribution in [0.5, 0.6) is 0 Å². The quantitative estimate of drug-likeness (QED) is 0.795. The normalized spacial score (nSPS) is 11.3. The van der Waals surface area contributed by atoms with Crippen LogP contribution in [0.4, 0.5) is 11.4 Å². The Labute approximate surface area is 140 Å². The van der Waals surface area contributed by atoms with Crippen molar-refractivity contribution in [1.29, 1.82) is 5.26 Å². The number of carbonyl (C=O) groups excluding carboxylic acids is 2. The molecule has 2 aromatic carbocycles. The molecule has 2 aromatic rings. The van der Waals surface area contributed by atoms with Gasteiger partial charge in [0, 0.05) is 17.8 Å². The van der Waals surface area contributed by atoms with Crippen molar-refractivity contribution in [2.75, 3.05) is 4.90 Å². The predicted octanol–water partition coefficient (Wildman–Crippen LogP) is 2.98. The second-order valence-corrected chi connectivity index (χ2v) is 5.34. The molecule has 1 amide bonds. The van der Waals surface area contributed by atoms with E-state index in [4.69, 9.17) is 5.26 Å². The predicted molar refractivity (Wildman–Crippen MR) is 90.5 cm³/mol. The summed E-state index contributed by atoms with van der Waals surface area (Å²) in [5.74, 6) is -0.763. The zero-order valence-electron chi connectivity index (χ0n) is 13.1. The molecule has 0 bridgehead atoms. The molecule has 0 saturated carbocycles. The second-order valence-electron chi connectivity index (χ2n) is 5.34. The average molecular weight is 322 g/mol. The number of ketones is 1. The Balaban J connectivity index is 2.17. The van der Waals surface area contributed by atoms with E-state index in [1.54, 1.807) is 30.3 Å². The number of rotatable bonds is 7. The van der Waals surface area contributed by atoms with Crippen molar-refractivity contribution < 1.29 is 14.7 Å². The lowest BCUT2D eigenvalue weighted by Gasteiger charge is -2.23. The van der Waals surface area contributed by atoms with E-state index in [0.717, 1.165) is 0 Å². The fourth-order valence-electron chi connectivity index (χ4n) is 2.35. The van der Waals surface area contributed by atoms with E-state index in [2.05, 4.69) is 0 Å². The second kappa shape index (κ2) is 8.61. The highest BCUT2D eigenvalue weighted by atomic mass is 16.3. The van der Waals surface area contributed by atoms with Crippen molar-refractivity contribution in [1.82, 2.24) is 0 Å². The molecule has 1 atom stereocenters. The van der Waals surface area contributed by atoms with Gasteiger partial charge in [0.25, 0.3) is 0 Å². The van der Waals surface area contributed by atoms with Crippen molar-refractivity contribution >= 4 is 23.1 Å². The van der Waals surface area contributed by atoms with Gasteiger partial charge in [-0.25, -0.2) is 0 Å². The van der Waals surface area contributed by atoms with Crippen LogP contribution in [0, 0.1) is 11.3 Å². The zero-order valence-corrected chi connectivity index (χ0v) is 13.1. The average Bonchev–Trinajstić information content (AvgIpc) is 2.57. The van der Waals surface area contributed by atoms with Crippen LogP contribution in [0.25, 0.3) is 0 Å². The Morgan fingerprint density at radius 1 is 1.00 bits per heavy atom. The molecule has 5 nitrogen and oxygen atoms in total. The first-order valence-corrected chi connectivity index (χ1v) is 7.61. The van der Waals surface area contributed by atoms with Gasteiger partial charge in [0.05, 0.1) is 25.0 Å². The van der Waals surface area contributed by atoms with Gasteiger partial charge in [0.15, 0.2) is 0 Å². The summed E-state index contributed by atoms with van der Waals surface area (Å²) in [6, 6.07) is 19.9. The van der Waals surface area contributed by atoms with E-state index in [9.17, 15) is 14.7 Å². The first-order valence-electron chi connectivity index (χ1n) is 7.61. The van der Waals surface area contributed by atoms with Crippen LogP contribution in [0.1, 0.15) is 19.3 Å². The molecule has 0 fully saturated rings. The van der Waals surface area contributed by atoms with E-state index in [1.165, 1.54) is 4.90 Å². The van der Waals surface area contributed by atoms with E-state index >= 15 is 0 Å². The molecular formula is C19H18N2O3. The number of nitriles is 1. The van der Waals surface area contributed by atoms with Crippen LogP contribution in [0.3, 0.4) is 0 Å². The third-order valence-corrected chi connectivity index (χ3v) is 3.42. The van der Waals surface area contributed by atoms with Crippen LogP contribution in [-0.4, -0.2) is 22.9 Å². The topological polar surface area (TPSA) is 81.4 Å². The summed E-state index contributed by atoms with van der Waals surface area (Å²) in [7, 11) is 0. The fourth-order valence-corrected chi connectivity index (χ4v) is 2.35.